The molecular weight excluding hydrogens is 258 g/mol. The summed E-state index contributed by atoms with van der Waals surface area (Å²) in [5, 5.41) is 8.93. The second kappa shape index (κ2) is 6.28. The Morgan fingerprint density at radius 3 is 2.61 bits per heavy atom. The predicted octanol–water partition coefficient (Wildman–Crippen LogP) is -0.642. The van der Waals surface area contributed by atoms with Crippen molar-refractivity contribution in [3.63, 3.8) is 0 Å². The van der Waals surface area contributed by atoms with E-state index in [4.69, 9.17) is 9.84 Å². The molecule has 104 valence electrons. The standard InChI is InChI=1S/C10H19N3O4S/c1-9-11-10(8-12(9)2)18(15,16)13(4-6-14)5-7-17-3/h8,14H,4-7H2,1-3H3. The lowest BCUT2D eigenvalue weighted by Gasteiger charge is -2.19. The lowest BCUT2D eigenvalue weighted by Crippen LogP contribution is -2.36. The van der Waals surface area contributed by atoms with Gasteiger partial charge < -0.3 is 14.4 Å². The zero-order chi connectivity index (χ0) is 13.8. The molecule has 0 spiro atoms. The van der Waals surface area contributed by atoms with E-state index >= 15 is 0 Å². The minimum atomic E-state index is -3.68. The molecule has 7 nitrogen and oxygen atoms in total. The minimum Gasteiger partial charge on any atom is -0.395 e. The summed E-state index contributed by atoms with van der Waals surface area (Å²) in [7, 11) is -0.452. The van der Waals surface area contributed by atoms with Gasteiger partial charge in [0.2, 0.25) is 0 Å². The van der Waals surface area contributed by atoms with Crippen molar-refractivity contribution < 1.29 is 18.3 Å². The molecule has 0 radical (unpaired) electrons. The maximum absolute atomic E-state index is 12.3. The molecule has 8 heteroatoms. The molecule has 0 aliphatic heterocycles. The number of imidazole rings is 1. The first kappa shape index (κ1) is 15.1. The Labute approximate surface area is 107 Å². The van der Waals surface area contributed by atoms with Gasteiger partial charge in [0.1, 0.15) is 5.82 Å². The first-order valence-corrected chi connectivity index (χ1v) is 6.97. The van der Waals surface area contributed by atoms with Crippen molar-refractivity contribution in [1.29, 1.82) is 0 Å². The Balaban J connectivity index is 3.00. The molecule has 1 aromatic rings. The molecule has 0 fully saturated rings. The fraction of sp³-hybridized carbons (Fsp3) is 0.700. The lowest BCUT2D eigenvalue weighted by atomic mass is 10.6. The van der Waals surface area contributed by atoms with Gasteiger partial charge in [-0.1, -0.05) is 0 Å². The molecule has 18 heavy (non-hydrogen) atoms. The Kier molecular flexibility index (Phi) is 5.27. The highest BCUT2D eigenvalue weighted by Gasteiger charge is 2.26. The average Bonchev–Trinajstić information content (AvgIpc) is 2.65. The van der Waals surface area contributed by atoms with E-state index in [0.29, 0.717) is 5.82 Å². The van der Waals surface area contributed by atoms with Crippen LogP contribution in [0.3, 0.4) is 0 Å². The number of sulfonamides is 1. The molecular formula is C10H19N3O4S. The summed E-state index contributed by atoms with van der Waals surface area (Å²) in [5.41, 5.74) is 0. The van der Waals surface area contributed by atoms with Crippen LogP contribution >= 0.6 is 0 Å². The van der Waals surface area contributed by atoms with Crippen molar-refractivity contribution >= 4 is 10.0 Å². The Bertz CT molecular complexity index is 464. The second-order valence-electron chi connectivity index (χ2n) is 3.86. The Morgan fingerprint density at radius 1 is 1.50 bits per heavy atom. The molecule has 0 amide bonds. The van der Waals surface area contributed by atoms with Gasteiger partial charge in [-0.05, 0) is 6.92 Å². The molecule has 1 aromatic heterocycles. The van der Waals surface area contributed by atoms with Gasteiger partial charge in [0.25, 0.3) is 10.0 Å². The molecule has 1 N–H and O–H groups in total. The number of ether oxygens (including phenoxy) is 1. The molecule has 0 atom stereocenters. The third-order valence-corrected chi connectivity index (χ3v) is 4.36. The van der Waals surface area contributed by atoms with Gasteiger partial charge >= 0.3 is 0 Å². The van der Waals surface area contributed by atoms with E-state index in [-0.39, 0.29) is 31.3 Å². The van der Waals surface area contributed by atoms with E-state index in [9.17, 15) is 8.42 Å². The van der Waals surface area contributed by atoms with Crippen LogP contribution in [0, 0.1) is 6.92 Å². The Hall–Kier alpha value is -0.960. The maximum Gasteiger partial charge on any atom is 0.262 e. The number of aliphatic hydroxyl groups excluding tert-OH is 1. The number of hydrogen-bond acceptors (Lipinski definition) is 5. The van der Waals surface area contributed by atoms with Gasteiger partial charge in [0, 0.05) is 33.4 Å². The molecule has 0 aromatic carbocycles. The van der Waals surface area contributed by atoms with Crippen molar-refractivity contribution in [2.75, 3.05) is 33.4 Å². The van der Waals surface area contributed by atoms with Crippen molar-refractivity contribution in [2.24, 2.45) is 7.05 Å². The monoisotopic (exact) mass is 277 g/mol. The van der Waals surface area contributed by atoms with Crippen LogP contribution in [-0.2, 0) is 21.8 Å². The van der Waals surface area contributed by atoms with Gasteiger partial charge in [-0.25, -0.2) is 13.4 Å². The van der Waals surface area contributed by atoms with Crippen LogP contribution in [0.5, 0.6) is 0 Å². The van der Waals surface area contributed by atoms with Crippen molar-refractivity contribution in [3.05, 3.63) is 12.0 Å². The van der Waals surface area contributed by atoms with E-state index in [1.807, 2.05) is 0 Å². The third kappa shape index (κ3) is 3.29. The Morgan fingerprint density at radius 2 is 2.17 bits per heavy atom. The minimum absolute atomic E-state index is 0.00736. The molecule has 0 aliphatic rings. The number of rotatable bonds is 7. The summed E-state index contributed by atoms with van der Waals surface area (Å²) in [4.78, 5) is 4.00. The van der Waals surface area contributed by atoms with Crippen LogP contribution in [0.25, 0.3) is 0 Å². The van der Waals surface area contributed by atoms with Gasteiger partial charge in [-0.3, -0.25) is 0 Å². The van der Waals surface area contributed by atoms with Gasteiger partial charge in [0.15, 0.2) is 5.03 Å². The number of nitrogens with zero attached hydrogens (tertiary/aromatic N) is 3. The lowest BCUT2D eigenvalue weighted by molar-refractivity contribution is 0.168. The topological polar surface area (TPSA) is 84.7 Å². The first-order valence-electron chi connectivity index (χ1n) is 5.53. The fourth-order valence-electron chi connectivity index (χ4n) is 1.44. The van der Waals surface area contributed by atoms with Crippen LogP contribution in [0.1, 0.15) is 5.82 Å². The SMILES string of the molecule is COCCN(CCO)S(=O)(=O)c1cn(C)c(C)n1. The molecule has 0 unspecified atom stereocenters. The molecule has 1 heterocycles. The number of aryl methyl sites for hydroxylation is 2. The van der Waals surface area contributed by atoms with Crippen molar-refractivity contribution in [3.8, 4) is 0 Å². The largest absolute Gasteiger partial charge is 0.395 e. The van der Waals surface area contributed by atoms with Crippen molar-refractivity contribution in [2.45, 2.75) is 11.9 Å². The van der Waals surface area contributed by atoms with E-state index in [0.717, 1.165) is 4.31 Å². The average molecular weight is 277 g/mol. The van der Waals surface area contributed by atoms with E-state index in [1.54, 1.807) is 18.5 Å². The zero-order valence-corrected chi connectivity index (χ0v) is 11.6. The number of hydrogen-bond donors (Lipinski definition) is 1. The molecule has 0 bridgehead atoms. The van der Waals surface area contributed by atoms with Crippen molar-refractivity contribution in [1.82, 2.24) is 13.9 Å². The van der Waals surface area contributed by atoms with Crippen LogP contribution in [-0.4, -0.2) is 60.8 Å². The summed E-state index contributed by atoms with van der Waals surface area (Å²) < 4.78 is 32.2. The smallest absolute Gasteiger partial charge is 0.262 e. The summed E-state index contributed by atoms with van der Waals surface area (Å²) >= 11 is 0. The quantitative estimate of drug-likeness (QED) is 0.716. The zero-order valence-electron chi connectivity index (χ0n) is 10.8. The van der Waals surface area contributed by atoms with E-state index in [1.165, 1.54) is 13.3 Å². The van der Waals surface area contributed by atoms with Gasteiger partial charge in [0.05, 0.1) is 13.2 Å². The highest BCUT2D eigenvalue weighted by molar-refractivity contribution is 7.89. The van der Waals surface area contributed by atoms with Gasteiger partial charge in [-0.2, -0.15) is 4.31 Å². The number of aromatic nitrogens is 2. The summed E-state index contributed by atoms with van der Waals surface area (Å²) in [6, 6.07) is 0. The predicted molar refractivity (Wildman–Crippen MR) is 65.7 cm³/mol. The maximum atomic E-state index is 12.3. The second-order valence-corrected chi connectivity index (χ2v) is 5.74. The van der Waals surface area contributed by atoms with Crippen LogP contribution < -0.4 is 0 Å². The third-order valence-electron chi connectivity index (χ3n) is 2.58. The van der Waals surface area contributed by atoms with Crippen LogP contribution in [0.15, 0.2) is 11.2 Å². The highest BCUT2D eigenvalue weighted by atomic mass is 32.2. The normalized spacial score (nSPS) is 12.3. The molecule has 1 rings (SSSR count). The van der Waals surface area contributed by atoms with Crippen LogP contribution in [0.2, 0.25) is 0 Å². The van der Waals surface area contributed by atoms with E-state index < -0.39 is 10.0 Å². The number of methoxy groups -OCH3 is 1. The highest BCUT2D eigenvalue weighted by Crippen LogP contribution is 2.14. The molecule has 0 saturated carbocycles. The fourth-order valence-corrected chi connectivity index (χ4v) is 2.88. The van der Waals surface area contributed by atoms with E-state index in [2.05, 4.69) is 4.98 Å². The molecule has 0 saturated heterocycles. The van der Waals surface area contributed by atoms with Crippen LogP contribution in [0.4, 0.5) is 0 Å². The van der Waals surface area contributed by atoms with Gasteiger partial charge in [-0.15, -0.1) is 0 Å². The summed E-state index contributed by atoms with van der Waals surface area (Å²) in [6.07, 6.45) is 1.46. The number of aliphatic hydroxyl groups is 1. The summed E-state index contributed by atoms with van der Waals surface area (Å²) in [6.45, 7) is 1.97. The first-order chi connectivity index (χ1) is 8.43. The molecule has 0 aliphatic carbocycles. The summed E-state index contributed by atoms with van der Waals surface area (Å²) in [5.74, 6) is 0.615.